The van der Waals surface area contributed by atoms with Gasteiger partial charge >= 0.3 is 5.63 Å². The molecule has 0 aliphatic heterocycles. The standard InChI is InChI=1S/C21H28N2O4/c1-4-7-26-19-10-14(5-6-16(19)22)21(25)23-17-11-15-12(2)9-20(24)27-18(15)8-13(17)3/h8-9,11,14,16,19H,4-7,10,22H2,1-3H3,(H,23,25)/t14-,16+,19+/m0/s1. The first-order valence-electron chi connectivity index (χ1n) is 9.62. The minimum absolute atomic E-state index is 0.00597. The lowest BCUT2D eigenvalue weighted by atomic mass is 9.83. The molecule has 1 saturated carbocycles. The Balaban J connectivity index is 1.77. The molecule has 1 fully saturated rings. The summed E-state index contributed by atoms with van der Waals surface area (Å²) in [6.45, 7) is 6.48. The van der Waals surface area contributed by atoms with Crippen molar-refractivity contribution >= 4 is 22.6 Å². The van der Waals surface area contributed by atoms with E-state index in [9.17, 15) is 9.59 Å². The van der Waals surface area contributed by atoms with Crippen LogP contribution in [0.5, 0.6) is 0 Å². The number of fused-ring (bicyclic) bond motifs is 1. The molecule has 1 aromatic carbocycles. The second kappa shape index (κ2) is 8.23. The van der Waals surface area contributed by atoms with Gasteiger partial charge < -0.3 is 20.2 Å². The number of hydrogen-bond donors (Lipinski definition) is 2. The summed E-state index contributed by atoms with van der Waals surface area (Å²) >= 11 is 0. The molecule has 6 nitrogen and oxygen atoms in total. The normalized spacial score (nSPS) is 22.7. The van der Waals surface area contributed by atoms with E-state index in [1.54, 1.807) is 6.07 Å². The number of carbonyl (C=O) groups excluding carboxylic acids is 1. The number of carbonyl (C=O) groups is 1. The van der Waals surface area contributed by atoms with Gasteiger partial charge in [-0.3, -0.25) is 4.79 Å². The van der Waals surface area contributed by atoms with Crippen molar-refractivity contribution < 1.29 is 13.9 Å². The Morgan fingerprint density at radius 3 is 2.78 bits per heavy atom. The predicted octanol–water partition coefficient (Wildman–Crippen LogP) is 3.27. The quantitative estimate of drug-likeness (QED) is 0.786. The van der Waals surface area contributed by atoms with Crippen LogP contribution in [0.2, 0.25) is 0 Å². The van der Waals surface area contributed by atoms with Gasteiger partial charge in [-0.05, 0) is 62.8 Å². The summed E-state index contributed by atoms with van der Waals surface area (Å²) < 4.78 is 11.1. The van der Waals surface area contributed by atoms with E-state index in [0.717, 1.165) is 41.5 Å². The number of benzene rings is 1. The molecular weight excluding hydrogens is 344 g/mol. The summed E-state index contributed by atoms with van der Waals surface area (Å²) in [5.74, 6) is -0.124. The number of amides is 1. The molecule has 0 spiro atoms. The molecule has 0 unspecified atom stereocenters. The highest BCUT2D eigenvalue weighted by Gasteiger charge is 2.32. The van der Waals surface area contributed by atoms with Gasteiger partial charge in [0.2, 0.25) is 5.91 Å². The van der Waals surface area contributed by atoms with E-state index in [2.05, 4.69) is 12.2 Å². The second-order valence-electron chi connectivity index (χ2n) is 7.48. The molecule has 27 heavy (non-hydrogen) atoms. The zero-order valence-corrected chi connectivity index (χ0v) is 16.2. The van der Waals surface area contributed by atoms with Crippen LogP contribution < -0.4 is 16.7 Å². The summed E-state index contributed by atoms with van der Waals surface area (Å²) in [6.07, 6.45) is 3.07. The molecule has 3 N–H and O–H groups in total. The van der Waals surface area contributed by atoms with Crippen molar-refractivity contribution in [3.63, 3.8) is 0 Å². The fraction of sp³-hybridized carbons (Fsp3) is 0.524. The topological polar surface area (TPSA) is 94.6 Å². The van der Waals surface area contributed by atoms with Gasteiger partial charge in [0.25, 0.3) is 0 Å². The number of anilines is 1. The van der Waals surface area contributed by atoms with E-state index in [4.69, 9.17) is 14.9 Å². The predicted molar refractivity (Wildman–Crippen MR) is 106 cm³/mol. The molecule has 0 saturated heterocycles. The van der Waals surface area contributed by atoms with Gasteiger partial charge in [0.15, 0.2) is 0 Å². The average molecular weight is 372 g/mol. The lowest BCUT2D eigenvalue weighted by Crippen LogP contribution is -2.44. The van der Waals surface area contributed by atoms with Gasteiger partial charge in [-0.25, -0.2) is 4.79 Å². The first kappa shape index (κ1) is 19.6. The highest BCUT2D eigenvalue weighted by Crippen LogP contribution is 2.29. The van der Waals surface area contributed by atoms with Gasteiger partial charge in [-0.2, -0.15) is 0 Å². The Labute approximate surface area is 159 Å². The van der Waals surface area contributed by atoms with Crippen molar-refractivity contribution in [2.45, 2.75) is 58.6 Å². The third-order valence-corrected chi connectivity index (χ3v) is 5.30. The number of rotatable bonds is 5. The van der Waals surface area contributed by atoms with Crippen LogP contribution in [0.1, 0.15) is 43.7 Å². The van der Waals surface area contributed by atoms with Crippen LogP contribution >= 0.6 is 0 Å². The molecule has 0 bridgehead atoms. The molecule has 3 atom stereocenters. The summed E-state index contributed by atoms with van der Waals surface area (Å²) in [5.41, 5.74) is 8.75. The molecule has 146 valence electrons. The van der Waals surface area contributed by atoms with Crippen LogP contribution in [0.3, 0.4) is 0 Å². The SMILES string of the molecule is CCCO[C@@H]1C[C@@H](C(=O)Nc2cc3c(C)cc(=O)oc3cc2C)CC[C@H]1N. The lowest BCUT2D eigenvalue weighted by Gasteiger charge is -2.33. The van der Waals surface area contributed by atoms with E-state index in [1.165, 1.54) is 6.07 Å². The third-order valence-electron chi connectivity index (χ3n) is 5.30. The van der Waals surface area contributed by atoms with Crippen molar-refractivity contribution in [2.75, 3.05) is 11.9 Å². The van der Waals surface area contributed by atoms with Crippen molar-refractivity contribution in [2.24, 2.45) is 11.7 Å². The first-order chi connectivity index (χ1) is 12.9. The number of nitrogens with one attached hydrogen (secondary N) is 1. The molecule has 3 rings (SSSR count). The molecule has 0 radical (unpaired) electrons. The van der Waals surface area contributed by atoms with Crippen LogP contribution in [0.25, 0.3) is 11.0 Å². The van der Waals surface area contributed by atoms with Crippen molar-refractivity contribution in [1.82, 2.24) is 0 Å². The summed E-state index contributed by atoms with van der Waals surface area (Å²) in [7, 11) is 0. The maximum absolute atomic E-state index is 12.8. The Kier molecular flexibility index (Phi) is 5.97. The van der Waals surface area contributed by atoms with Crippen molar-refractivity contribution in [3.8, 4) is 0 Å². The first-order valence-corrected chi connectivity index (χ1v) is 9.62. The molecule has 1 aromatic heterocycles. The number of nitrogens with two attached hydrogens (primary N) is 1. The highest BCUT2D eigenvalue weighted by atomic mass is 16.5. The van der Waals surface area contributed by atoms with Crippen molar-refractivity contribution in [3.05, 3.63) is 39.7 Å². The van der Waals surface area contributed by atoms with Gasteiger partial charge in [-0.15, -0.1) is 0 Å². The van der Waals surface area contributed by atoms with Crippen LogP contribution in [0.15, 0.2) is 27.4 Å². The van der Waals surface area contributed by atoms with E-state index in [-0.39, 0.29) is 29.6 Å². The minimum atomic E-state index is -0.368. The molecule has 2 aromatic rings. The Morgan fingerprint density at radius 2 is 2.04 bits per heavy atom. The van der Waals surface area contributed by atoms with Crippen LogP contribution in [-0.4, -0.2) is 24.7 Å². The molecular formula is C21H28N2O4. The summed E-state index contributed by atoms with van der Waals surface area (Å²) in [5, 5.41) is 3.87. The fourth-order valence-electron chi connectivity index (χ4n) is 3.69. The monoisotopic (exact) mass is 372 g/mol. The number of ether oxygens (including phenoxy) is 1. The zero-order chi connectivity index (χ0) is 19.6. The Bertz CT molecular complexity index is 890. The third kappa shape index (κ3) is 4.39. The molecule has 1 amide bonds. The Morgan fingerprint density at radius 1 is 1.26 bits per heavy atom. The lowest BCUT2D eigenvalue weighted by molar-refractivity contribution is -0.123. The van der Waals surface area contributed by atoms with Crippen LogP contribution in [-0.2, 0) is 9.53 Å². The highest BCUT2D eigenvalue weighted by molar-refractivity contribution is 5.96. The zero-order valence-electron chi connectivity index (χ0n) is 16.2. The molecule has 1 aliphatic rings. The minimum Gasteiger partial charge on any atom is -0.423 e. The van der Waals surface area contributed by atoms with Gasteiger partial charge in [0.05, 0.1) is 6.10 Å². The largest absolute Gasteiger partial charge is 0.423 e. The van der Waals surface area contributed by atoms with E-state index < -0.39 is 0 Å². The maximum Gasteiger partial charge on any atom is 0.336 e. The van der Waals surface area contributed by atoms with E-state index in [1.807, 2.05) is 19.9 Å². The van der Waals surface area contributed by atoms with Gasteiger partial charge in [0, 0.05) is 35.7 Å². The second-order valence-corrected chi connectivity index (χ2v) is 7.48. The maximum atomic E-state index is 12.8. The van der Waals surface area contributed by atoms with E-state index >= 15 is 0 Å². The molecule has 1 aliphatic carbocycles. The Hall–Kier alpha value is -2.18. The van der Waals surface area contributed by atoms with Crippen molar-refractivity contribution in [1.29, 1.82) is 0 Å². The number of hydrogen-bond acceptors (Lipinski definition) is 5. The summed E-state index contributed by atoms with van der Waals surface area (Å²) in [6, 6.07) is 5.12. The molecule has 1 heterocycles. The smallest absolute Gasteiger partial charge is 0.336 e. The average Bonchev–Trinajstić information content (AvgIpc) is 2.62. The van der Waals surface area contributed by atoms with Crippen LogP contribution in [0.4, 0.5) is 5.69 Å². The summed E-state index contributed by atoms with van der Waals surface area (Å²) in [4.78, 5) is 24.4. The molecule has 6 heteroatoms. The van der Waals surface area contributed by atoms with Crippen LogP contribution in [0, 0.1) is 19.8 Å². The van der Waals surface area contributed by atoms with E-state index in [0.29, 0.717) is 18.6 Å². The van der Waals surface area contributed by atoms with Gasteiger partial charge in [0.1, 0.15) is 5.58 Å². The fourth-order valence-corrected chi connectivity index (χ4v) is 3.69. The number of aryl methyl sites for hydroxylation is 2. The van der Waals surface area contributed by atoms with Gasteiger partial charge in [-0.1, -0.05) is 6.92 Å².